The highest BCUT2D eigenvalue weighted by Crippen LogP contribution is 2.28. The van der Waals surface area contributed by atoms with Crippen LogP contribution in [-0.4, -0.2) is 32.8 Å². The highest BCUT2D eigenvalue weighted by molar-refractivity contribution is 5.77. The maximum Gasteiger partial charge on any atom is 0.387 e. The van der Waals surface area contributed by atoms with Gasteiger partial charge in [0, 0.05) is 6.54 Å². The Labute approximate surface area is 162 Å². The monoisotopic (exact) mass is 391 g/mol. The Hall–Kier alpha value is -3.09. The summed E-state index contributed by atoms with van der Waals surface area (Å²) in [4.78, 5) is 12.0. The minimum Gasteiger partial charge on any atom is -0.493 e. The number of rotatable bonds is 10. The molecule has 0 spiro atoms. The molecule has 7 heteroatoms. The molecule has 0 aliphatic heterocycles. The van der Waals surface area contributed by atoms with E-state index in [9.17, 15) is 13.6 Å². The molecule has 1 N–H and O–H groups in total. The Kier molecular flexibility index (Phi) is 8.27. The first kappa shape index (κ1) is 21.2. The van der Waals surface area contributed by atoms with E-state index in [1.807, 2.05) is 31.2 Å². The zero-order valence-electron chi connectivity index (χ0n) is 15.8. The Morgan fingerprint density at radius 2 is 1.89 bits per heavy atom. The van der Waals surface area contributed by atoms with E-state index >= 15 is 0 Å². The van der Waals surface area contributed by atoms with Gasteiger partial charge in [0.2, 0.25) is 0 Å². The Balaban J connectivity index is 1.77. The van der Waals surface area contributed by atoms with Crippen molar-refractivity contribution in [3.63, 3.8) is 0 Å². The van der Waals surface area contributed by atoms with Crippen LogP contribution in [0.4, 0.5) is 8.78 Å². The van der Waals surface area contributed by atoms with E-state index in [4.69, 9.17) is 9.47 Å². The van der Waals surface area contributed by atoms with Gasteiger partial charge in [-0.3, -0.25) is 4.79 Å². The summed E-state index contributed by atoms with van der Waals surface area (Å²) < 4.78 is 39.3. The average molecular weight is 391 g/mol. The topological polar surface area (TPSA) is 56.8 Å². The van der Waals surface area contributed by atoms with E-state index in [1.54, 1.807) is 25.3 Å². The second-order valence-electron chi connectivity index (χ2n) is 5.82. The zero-order valence-corrected chi connectivity index (χ0v) is 15.8. The van der Waals surface area contributed by atoms with Crippen LogP contribution in [0.3, 0.4) is 0 Å². The van der Waals surface area contributed by atoms with Crippen molar-refractivity contribution in [2.75, 3.05) is 20.3 Å². The highest BCUT2D eigenvalue weighted by Gasteiger charge is 2.08. The van der Waals surface area contributed by atoms with Crippen molar-refractivity contribution in [2.24, 2.45) is 0 Å². The maximum atomic E-state index is 12.1. The number of halogens is 2. The van der Waals surface area contributed by atoms with Gasteiger partial charge in [-0.15, -0.1) is 0 Å². The molecular weight excluding hydrogens is 368 g/mol. The zero-order chi connectivity index (χ0) is 20.4. The molecule has 2 aromatic carbocycles. The van der Waals surface area contributed by atoms with Crippen LogP contribution in [0.25, 0.3) is 6.08 Å². The summed E-state index contributed by atoms with van der Waals surface area (Å²) in [5, 5.41) is 2.75. The highest BCUT2D eigenvalue weighted by atomic mass is 19.3. The Bertz CT molecular complexity index is 791. The van der Waals surface area contributed by atoms with Crippen molar-refractivity contribution in [3.05, 3.63) is 59.7 Å². The van der Waals surface area contributed by atoms with Crippen molar-refractivity contribution in [1.29, 1.82) is 0 Å². The molecule has 0 aliphatic rings. The summed E-state index contributed by atoms with van der Waals surface area (Å²) in [6.07, 6.45) is 4.41. The molecule has 0 aromatic heterocycles. The molecule has 1 amide bonds. The predicted molar refractivity (Wildman–Crippen MR) is 103 cm³/mol. The summed E-state index contributed by atoms with van der Waals surface area (Å²) in [6.45, 7) is -0.662. The van der Waals surface area contributed by atoms with E-state index in [2.05, 4.69) is 10.1 Å². The molecule has 28 heavy (non-hydrogen) atoms. The number of methoxy groups -OCH3 is 1. The number of allylic oxidation sites excluding steroid dienone is 1. The third-order valence-corrected chi connectivity index (χ3v) is 3.79. The van der Waals surface area contributed by atoms with Gasteiger partial charge in [0.15, 0.2) is 18.1 Å². The fraction of sp³-hybridized carbons (Fsp3) is 0.286. The van der Waals surface area contributed by atoms with Crippen LogP contribution in [0.15, 0.2) is 48.5 Å². The van der Waals surface area contributed by atoms with Gasteiger partial charge in [-0.25, -0.2) is 0 Å². The maximum absolute atomic E-state index is 12.1. The molecule has 0 fully saturated rings. The molecule has 0 bridgehead atoms. The average Bonchev–Trinajstić information content (AvgIpc) is 2.68. The lowest BCUT2D eigenvalue weighted by Gasteiger charge is -2.11. The van der Waals surface area contributed by atoms with Gasteiger partial charge in [-0.2, -0.15) is 8.78 Å². The van der Waals surface area contributed by atoms with Crippen LogP contribution in [0, 0.1) is 0 Å². The minimum atomic E-state index is -2.84. The molecular formula is C21H23F2NO4. The summed E-state index contributed by atoms with van der Waals surface area (Å²) in [5.74, 6) is 0.873. The molecule has 0 unspecified atom stereocenters. The first-order chi connectivity index (χ1) is 13.5. The smallest absolute Gasteiger partial charge is 0.387 e. The summed E-state index contributed by atoms with van der Waals surface area (Å²) >= 11 is 0. The van der Waals surface area contributed by atoms with E-state index in [0.29, 0.717) is 24.5 Å². The van der Waals surface area contributed by atoms with E-state index in [1.165, 1.54) is 12.1 Å². The van der Waals surface area contributed by atoms with Crippen LogP contribution in [0.2, 0.25) is 0 Å². The van der Waals surface area contributed by atoms with Gasteiger partial charge in [0.1, 0.15) is 5.75 Å². The second kappa shape index (κ2) is 10.9. The Morgan fingerprint density at radius 1 is 1.14 bits per heavy atom. The van der Waals surface area contributed by atoms with Gasteiger partial charge >= 0.3 is 6.61 Å². The van der Waals surface area contributed by atoms with Crippen molar-refractivity contribution in [3.8, 4) is 17.2 Å². The number of hydrogen-bond acceptors (Lipinski definition) is 4. The van der Waals surface area contributed by atoms with E-state index < -0.39 is 6.61 Å². The molecule has 0 atom stereocenters. The van der Waals surface area contributed by atoms with Crippen molar-refractivity contribution >= 4 is 12.0 Å². The predicted octanol–water partition coefficient (Wildman–Crippen LogP) is 4.07. The van der Waals surface area contributed by atoms with Crippen LogP contribution >= 0.6 is 0 Å². The molecule has 150 valence electrons. The number of benzene rings is 2. The van der Waals surface area contributed by atoms with Crippen molar-refractivity contribution < 1.29 is 27.8 Å². The first-order valence-corrected chi connectivity index (χ1v) is 8.75. The Morgan fingerprint density at radius 3 is 2.54 bits per heavy atom. The fourth-order valence-corrected chi connectivity index (χ4v) is 2.48. The molecule has 2 rings (SSSR count). The lowest BCUT2D eigenvalue weighted by Crippen LogP contribution is -2.30. The van der Waals surface area contributed by atoms with E-state index in [0.717, 1.165) is 11.1 Å². The third-order valence-electron chi connectivity index (χ3n) is 3.79. The van der Waals surface area contributed by atoms with Crippen LogP contribution in [-0.2, 0) is 11.2 Å². The SMILES string of the molecule is C/C=C/c1ccc(OCC(=O)NCCc2ccc(OC(F)F)cc2)c(OC)c1. The summed E-state index contributed by atoms with van der Waals surface area (Å²) in [7, 11) is 1.54. The number of alkyl halides is 2. The third kappa shape index (κ3) is 6.90. The molecule has 2 aromatic rings. The number of carbonyl (C=O) groups excluding carboxylic acids is 1. The van der Waals surface area contributed by atoms with E-state index in [-0.39, 0.29) is 18.3 Å². The van der Waals surface area contributed by atoms with Crippen molar-refractivity contribution in [2.45, 2.75) is 20.0 Å². The number of carbonyl (C=O) groups is 1. The molecule has 0 radical (unpaired) electrons. The van der Waals surface area contributed by atoms with Crippen LogP contribution in [0.1, 0.15) is 18.1 Å². The quantitative estimate of drug-likeness (QED) is 0.663. The first-order valence-electron chi connectivity index (χ1n) is 8.75. The number of hydrogen-bond donors (Lipinski definition) is 1. The molecule has 0 aliphatic carbocycles. The van der Waals surface area contributed by atoms with Gasteiger partial charge in [-0.1, -0.05) is 30.4 Å². The van der Waals surface area contributed by atoms with Crippen LogP contribution in [0.5, 0.6) is 17.2 Å². The molecule has 5 nitrogen and oxygen atoms in total. The van der Waals surface area contributed by atoms with Gasteiger partial charge in [0.05, 0.1) is 7.11 Å². The fourth-order valence-electron chi connectivity index (χ4n) is 2.48. The minimum absolute atomic E-state index is 0.102. The summed E-state index contributed by atoms with van der Waals surface area (Å²) in [6, 6.07) is 11.7. The number of amides is 1. The van der Waals surface area contributed by atoms with Gasteiger partial charge in [-0.05, 0) is 48.7 Å². The van der Waals surface area contributed by atoms with Crippen molar-refractivity contribution in [1.82, 2.24) is 5.32 Å². The van der Waals surface area contributed by atoms with Gasteiger partial charge < -0.3 is 19.5 Å². The molecule has 0 saturated carbocycles. The lowest BCUT2D eigenvalue weighted by atomic mass is 10.1. The van der Waals surface area contributed by atoms with Crippen LogP contribution < -0.4 is 19.5 Å². The van der Waals surface area contributed by atoms with Gasteiger partial charge in [0.25, 0.3) is 5.91 Å². The largest absolute Gasteiger partial charge is 0.493 e. The number of ether oxygens (including phenoxy) is 3. The second-order valence-corrected chi connectivity index (χ2v) is 5.82. The number of nitrogens with one attached hydrogen (secondary N) is 1. The lowest BCUT2D eigenvalue weighted by molar-refractivity contribution is -0.123. The normalized spacial score (nSPS) is 10.9. The summed E-state index contributed by atoms with van der Waals surface area (Å²) in [5.41, 5.74) is 1.87. The standard InChI is InChI=1S/C21H23F2NO4/c1-3-4-16-7-10-18(19(13-16)26-2)27-14-20(25)24-12-11-15-5-8-17(9-6-15)28-21(22)23/h3-10,13,21H,11-12,14H2,1-2H3,(H,24,25)/b4-3+. The molecule has 0 saturated heterocycles. The molecule has 0 heterocycles.